The second-order valence-electron chi connectivity index (χ2n) is 5.66. The molecule has 1 aliphatic rings. The molecule has 0 atom stereocenters. The molecule has 1 heterocycles. The van der Waals surface area contributed by atoms with Crippen molar-refractivity contribution < 1.29 is 27.1 Å². The highest BCUT2D eigenvalue weighted by molar-refractivity contribution is 6.17. The molecular weight excluding hydrogens is 406 g/mol. The van der Waals surface area contributed by atoms with Gasteiger partial charge in [-0.2, -0.15) is 13.2 Å². The molecule has 1 aromatic rings. The first-order chi connectivity index (χ1) is 14.2. The molecule has 1 aliphatic heterocycles. The fraction of sp³-hybridized carbons (Fsp3) is 0.105. The molecule has 2 rings (SSSR count). The summed E-state index contributed by atoms with van der Waals surface area (Å²) in [6.07, 6.45) is 2.53. The van der Waals surface area contributed by atoms with Gasteiger partial charge in [0, 0.05) is 37.4 Å². The zero-order valence-corrected chi connectivity index (χ0v) is 15.5. The van der Waals surface area contributed by atoms with E-state index in [0.29, 0.717) is 5.70 Å². The van der Waals surface area contributed by atoms with Gasteiger partial charge in [-0.25, -0.2) is 4.39 Å². The molecule has 158 valence electrons. The van der Waals surface area contributed by atoms with Crippen LogP contribution in [-0.2, 0) is 4.79 Å². The zero-order chi connectivity index (χ0) is 22.3. The molecule has 7 nitrogen and oxygen atoms in total. The van der Waals surface area contributed by atoms with E-state index < -0.39 is 29.2 Å². The standard InChI is InChI=1S/C19H17F4N5O2/c1-26-17(19(21,22)23)12(10-25)18(29)28-11-4-5-15(13(20)9-11)30-16-3-2-8-27-14(16)6-7-24/h2-10,24-27H,1H3,(H,28,29)/b14-6-,17-12+,24-7?,25-10?. The number of rotatable bonds is 7. The number of alkyl halides is 3. The molecule has 0 saturated carbocycles. The summed E-state index contributed by atoms with van der Waals surface area (Å²) in [5.74, 6) is -2.10. The summed E-state index contributed by atoms with van der Waals surface area (Å²) in [5.41, 5.74) is -2.08. The third-order valence-electron chi connectivity index (χ3n) is 3.70. The van der Waals surface area contributed by atoms with Crippen LogP contribution in [0.3, 0.4) is 0 Å². The maximum atomic E-state index is 14.4. The van der Waals surface area contributed by atoms with Crippen LogP contribution in [0.2, 0.25) is 0 Å². The summed E-state index contributed by atoms with van der Waals surface area (Å²) in [7, 11) is 0.969. The van der Waals surface area contributed by atoms with Gasteiger partial charge in [0.15, 0.2) is 17.3 Å². The van der Waals surface area contributed by atoms with Crippen molar-refractivity contribution in [3.05, 3.63) is 71.2 Å². The molecular formula is C19H17F4N5O2. The number of amides is 1. The van der Waals surface area contributed by atoms with Crippen molar-refractivity contribution in [2.75, 3.05) is 12.4 Å². The molecule has 0 radical (unpaired) electrons. The first kappa shape index (κ1) is 22.4. The van der Waals surface area contributed by atoms with Crippen LogP contribution in [0.15, 0.2) is 65.4 Å². The zero-order valence-electron chi connectivity index (χ0n) is 15.5. The molecule has 0 aliphatic carbocycles. The van der Waals surface area contributed by atoms with Crippen molar-refractivity contribution in [3.63, 3.8) is 0 Å². The SMILES string of the molecule is CN/C(=C(\C=N)C(=O)Nc1ccc(OC2=CC=CN/C2=C\C=N)c(F)c1)C(F)(F)F. The fourth-order valence-electron chi connectivity index (χ4n) is 2.40. The Balaban J connectivity index is 2.24. The van der Waals surface area contributed by atoms with Gasteiger partial charge in [0.25, 0.3) is 5.91 Å². The maximum absolute atomic E-state index is 14.4. The van der Waals surface area contributed by atoms with Crippen LogP contribution in [0.5, 0.6) is 5.75 Å². The van der Waals surface area contributed by atoms with Gasteiger partial charge in [0.2, 0.25) is 0 Å². The van der Waals surface area contributed by atoms with Crippen molar-refractivity contribution in [2.45, 2.75) is 6.18 Å². The predicted molar refractivity (Wildman–Crippen MR) is 104 cm³/mol. The molecule has 0 fully saturated rings. The summed E-state index contributed by atoms with van der Waals surface area (Å²) in [6.45, 7) is 0. The van der Waals surface area contributed by atoms with Crippen LogP contribution >= 0.6 is 0 Å². The van der Waals surface area contributed by atoms with Gasteiger partial charge in [-0.15, -0.1) is 0 Å². The second kappa shape index (κ2) is 9.54. The number of allylic oxidation sites excluding steroid dienone is 4. The van der Waals surface area contributed by atoms with Gasteiger partial charge in [-0.3, -0.25) is 4.79 Å². The van der Waals surface area contributed by atoms with Crippen LogP contribution < -0.4 is 20.7 Å². The third-order valence-corrected chi connectivity index (χ3v) is 3.70. The summed E-state index contributed by atoms with van der Waals surface area (Å²) in [6, 6.07) is 3.29. The largest absolute Gasteiger partial charge is 0.452 e. The van der Waals surface area contributed by atoms with E-state index >= 15 is 0 Å². The number of ether oxygens (including phenoxy) is 1. The first-order valence-corrected chi connectivity index (χ1v) is 8.34. The Labute approximate surface area is 168 Å². The molecule has 30 heavy (non-hydrogen) atoms. The van der Waals surface area contributed by atoms with Gasteiger partial charge in [-0.1, -0.05) is 0 Å². The highest BCUT2D eigenvalue weighted by Gasteiger charge is 2.37. The van der Waals surface area contributed by atoms with E-state index in [1.54, 1.807) is 18.4 Å². The molecule has 5 N–H and O–H groups in total. The number of halogens is 4. The highest BCUT2D eigenvalue weighted by Crippen LogP contribution is 2.28. The topological polar surface area (TPSA) is 110 Å². The minimum absolute atomic E-state index is 0.132. The Morgan fingerprint density at radius 2 is 2.00 bits per heavy atom. The Morgan fingerprint density at radius 3 is 2.57 bits per heavy atom. The summed E-state index contributed by atoms with van der Waals surface area (Å²) < 4.78 is 58.8. The normalized spacial score (nSPS) is 15.5. The minimum Gasteiger partial charge on any atom is -0.452 e. The summed E-state index contributed by atoms with van der Waals surface area (Å²) >= 11 is 0. The lowest BCUT2D eigenvalue weighted by Crippen LogP contribution is -2.30. The Morgan fingerprint density at radius 1 is 1.27 bits per heavy atom. The lowest BCUT2D eigenvalue weighted by atomic mass is 10.2. The maximum Gasteiger partial charge on any atom is 0.431 e. The number of carbonyl (C=O) groups excluding carboxylic acids is 1. The highest BCUT2D eigenvalue weighted by atomic mass is 19.4. The molecule has 11 heteroatoms. The van der Waals surface area contributed by atoms with Crippen LogP contribution in [0.4, 0.5) is 23.2 Å². The molecule has 0 unspecified atom stereocenters. The minimum atomic E-state index is -4.88. The van der Waals surface area contributed by atoms with E-state index in [0.717, 1.165) is 19.3 Å². The van der Waals surface area contributed by atoms with E-state index in [9.17, 15) is 22.4 Å². The molecule has 0 saturated heterocycles. The Bertz CT molecular complexity index is 978. The van der Waals surface area contributed by atoms with Crippen molar-refractivity contribution >= 4 is 24.0 Å². The van der Waals surface area contributed by atoms with E-state index in [2.05, 4.69) is 10.6 Å². The number of carbonyl (C=O) groups is 1. The van der Waals surface area contributed by atoms with E-state index in [1.807, 2.05) is 5.32 Å². The number of nitrogens with one attached hydrogen (secondary N) is 5. The average molecular weight is 423 g/mol. The lowest BCUT2D eigenvalue weighted by molar-refractivity contribution is -0.115. The van der Waals surface area contributed by atoms with Gasteiger partial charge < -0.3 is 31.5 Å². The van der Waals surface area contributed by atoms with Gasteiger partial charge in [-0.05, 0) is 30.4 Å². The number of hydrogen-bond acceptors (Lipinski definition) is 6. The molecule has 0 aromatic heterocycles. The monoisotopic (exact) mass is 423 g/mol. The van der Waals surface area contributed by atoms with Gasteiger partial charge >= 0.3 is 6.18 Å². The van der Waals surface area contributed by atoms with Crippen LogP contribution in [0.1, 0.15) is 0 Å². The molecule has 1 amide bonds. The predicted octanol–water partition coefficient (Wildman–Crippen LogP) is 3.36. The number of hydrogen-bond donors (Lipinski definition) is 5. The van der Waals surface area contributed by atoms with Gasteiger partial charge in [0.05, 0.1) is 11.3 Å². The van der Waals surface area contributed by atoms with E-state index in [-0.39, 0.29) is 23.4 Å². The number of anilines is 1. The van der Waals surface area contributed by atoms with Crippen molar-refractivity contribution in [1.82, 2.24) is 10.6 Å². The van der Waals surface area contributed by atoms with E-state index in [1.165, 1.54) is 18.2 Å². The van der Waals surface area contributed by atoms with Crippen molar-refractivity contribution in [1.29, 1.82) is 10.8 Å². The average Bonchev–Trinajstić information content (AvgIpc) is 2.68. The van der Waals surface area contributed by atoms with E-state index in [4.69, 9.17) is 15.6 Å². The summed E-state index contributed by atoms with van der Waals surface area (Å²) in [5, 5.41) is 21.0. The fourth-order valence-corrected chi connectivity index (χ4v) is 2.40. The van der Waals surface area contributed by atoms with Crippen molar-refractivity contribution in [2.24, 2.45) is 0 Å². The van der Waals surface area contributed by atoms with Crippen molar-refractivity contribution in [3.8, 4) is 5.75 Å². The first-order valence-electron chi connectivity index (χ1n) is 8.34. The van der Waals surface area contributed by atoms with Crippen LogP contribution in [0, 0.1) is 16.6 Å². The number of benzene rings is 1. The Kier molecular flexibility index (Phi) is 7.13. The lowest BCUT2D eigenvalue weighted by Gasteiger charge is -2.17. The molecule has 1 aromatic carbocycles. The van der Waals surface area contributed by atoms with Crippen LogP contribution in [-0.4, -0.2) is 31.6 Å². The van der Waals surface area contributed by atoms with Crippen LogP contribution in [0.25, 0.3) is 0 Å². The quantitative estimate of drug-likeness (QED) is 0.263. The molecule has 0 spiro atoms. The second-order valence-corrected chi connectivity index (χ2v) is 5.66. The van der Waals surface area contributed by atoms with Gasteiger partial charge in [0.1, 0.15) is 5.70 Å². The Hall–Kier alpha value is -3.89. The third kappa shape index (κ3) is 5.34. The summed E-state index contributed by atoms with van der Waals surface area (Å²) in [4.78, 5) is 12.2. The smallest absolute Gasteiger partial charge is 0.431 e. The molecule has 0 bridgehead atoms. The number of dihydropyridines is 1.